The first-order valence-electron chi connectivity index (χ1n) is 9.86. The summed E-state index contributed by atoms with van der Waals surface area (Å²) < 4.78 is 46.1. The molecule has 2 heterocycles. The molecule has 9 heteroatoms. The normalized spacial score (nSPS) is 16.8. The van der Waals surface area contributed by atoms with E-state index in [2.05, 4.69) is 4.98 Å². The van der Waals surface area contributed by atoms with Crippen molar-refractivity contribution in [2.75, 3.05) is 18.1 Å². The number of aromatic nitrogens is 2. The van der Waals surface area contributed by atoms with E-state index in [0.29, 0.717) is 11.3 Å². The van der Waals surface area contributed by atoms with E-state index >= 15 is 0 Å². The predicted molar refractivity (Wildman–Crippen MR) is 108 cm³/mol. The highest BCUT2D eigenvalue weighted by molar-refractivity contribution is 5.96. The van der Waals surface area contributed by atoms with Crippen LogP contribution in [0.15, 0.2) is 48.5 Å². The second-order valence-electron chi connectivity index (χ2n) is 7.30. The Morgan fingerprint density at radius 2 is 1.97 bits per heavy atom. The molecular formula is C22H20F3N3O3. The number of carbonyl (C=O) groups excluding carboxylic acids is 2. The van der Waals surface area contributed by atoms with Crippen LogP contribution in [0.25, 0.3) is 11.0 Å². The van der Waals surface area contributed by atoms with Gasteiger partial charge in [0.2, 0.25) is 5.91 Å². The fourth-order valence-electron chi connectivity index (χ4n) is 3.89. The minimum absolute atomic E-state index is 0.0576. The van der Waals surface area contributed by atoms with Gasteiger partial charge in [-0.25, -0.2) is 4.98 Å². The van der Waals surface area contributed by atoms with Crippen LogP contribution in [-0.4, -0.2) is 34.6 Å². The molecule has 0 aliphatic carbocycles. The molecule has 1 fully saturated rings. The number of carbonyl (C=O) groups is 2. The van der Waals surface area contributed by atoms with Crippen LogP contribution in [0.3, 0.4) is 0 Å². The lowest BCUT2D eigenvalue weighted by atomic mass is 10.1. The number of ether oxygens (including phenoxy) is 1. The Balaban J connectivity index is 1.67. The quantitative estimate of drug-likeness (QED) is 0.570. The zero-order valence-corrected chi connectivity index (χ0v) is 16.7. The highest BCUT2D eigenvalue weighted by Gasteiger charge is 2.37. The minimum atomic E-state index is -4.49. The van der Waals surface area contributed by atoms with Crippen molar-refractivity contribution in [3.8, 4) is 0 Å². The van der Waals surface area contributed by atoms with E-state index in [1.165, 1.54) is 17.0 Å². The van der Waals surface area contributed by atoms with E-state index in [4.69, 9.17) is 4.74 Å². The molecule has 1 aliphatic rings. The number of alkyl halides is 3. The fourth-order valence-corrected chi connectivity index (χ4v) is 3.89. The molecule has 31 heavy (non-hydrogen) atoms. The minimum Gasteiger partial charge on any atom is -0.465 e. The number of anilines is 1. The van der Waals surface area contributed by atoms with E-state index in [9.17, 15) is 22.8 Å². The molecule has 162 valence electrons. The Labute approximate surface area is 176 Å². The van der Waals surface area contributed by atoms with Crippen molar-refractivity contribution >= 4 is 28.6 Å². The van der Waals surface area contributed by atoms with E-state index in [0.717, 1.165) is 17.6 Å². The zero-order chi connectivity index (χ0) is 22.2. The molecule has 0 bridgehead atoms. The number of nitrogens with zero attached hydrogens (tertiary/aromatic N) is 3. The van der Waals surface area contributed by atoms with Crippen molar-refractivity contribution in [2.45, 2.75) is 32.0 Å². The third-order valence-corrected chi connectivity index (χ3v) is 5.25. The fraction of sp³-hybridized carbons (Fsp3) is 0.318. The summed E-state index contributed by atoms with van der Waals surface area (Å²) in [6.45, 7) is 2.07. The van der Waals surface area contributed by atoms with Gasteiger partial charge in [-0.3, -0.25) is 9.59 Å². The summed E-state index contributed by atoms with van der Waals surface area (Å²) in [4.78, 5) is 30.8. The molecule has 1 aromatic heterocycles. The second kappa shape index (κ2) is 8.05. The summed E-state index contributed by atoms with van der Waals surface area (Å²) in [5.41, 5.74) is 0.786. The maximum atomic E-state index is 13.1. The first-order chi connectivity index (χ1) is 14.8. The van der Waals surface area contributed by atoms with Gasteiger partial charge < -0.3 is 14.2 Å². The molecule has 3 aromatic rings. The largest absolute Gasteiger partial charge is 0.465 e. The molecule has 6 nitrogen and oxygen atoms in total. The van der Waals surface area contributed by atoms with E-state index in [-0.39, 0.29) is 43.6 Å². The Kier molecular flexibility index (Phi) is 5.43. The van der Waals surface area contributed by atoms with Gasteiger partial charge in [0.05, 0.1) is 23.2 Å². The van der Waals surface area contributed by atoms with Gasteiger partial charge in [0.1, 0.15) is 12.4 Å². The lowest BCUT2D eigenvalue weighted by Gasteiger charge is -2.18. The molecule has 0 saturated carbocycles. The maximum absolute atomic E-state index is 13.1. The highest BCUT2D eigenvalue weighted by Crippen LogP contribution is 2.36. The molecule has 1 aliphatic heterocycles. The van der Waals surface area contributed by atoms with Gasteiger partial charge in [0.15, 0.2) is 0 Å². The van der Waals surface area contributed by atoms with Crippen molar-refractivity contribution in [3.05, 3.63) is 59.9 Å². The lowest BCUT2D eigenvalue weighted by Crippen LogP contribution is -2.25. The number of benzene rings is 2. The average Bonchev–Trinajstić information content (AvgIpc) is 3.28. The van der Waals surface area contributed by atoms with Crippen LogP contribution in [0.4, 0.5) is 18.9 Å². The smallest absolute Gasteiger partial charge is 0.416 e. The standard InChI is InChI=1S/C22H20F3N3O3/c1-2-31-20(30)13-28-18-9-4-3-8-17(18)26-21(28)14-10-19(29)27(12-14)16-7-5-6-15(11-16)22(23,24)25/h3-9,11,14H,2,10,12-13H2,1H3/t14-/m1/s1. The first kappa shape index (κ1) is 20.9. The number of imidazole rings is 1. The molecule has 4 rings (SSSR count). The molecule has 1 saturated heterocycles. The van der Waals surface area contributed by atoms with Gasteiger partial charge in [-0.2, -0.15) is 13.2 Å². The summed E-state index contributed by atoms with van der Waals surface area (Å²) in [6, 6.07) is 12.0. The molecule has 1 atom stereocenters. The van der Waals surface area contributed by atoms with E-state index in [1.807, 2.05) is 24.3 Å². The molecule has 0 unspecified atom stereocenters. The molecule has 0 N–H and O–H groups in total. The van der Waals surface area contributed by atoms with Crippen LogP contribution >= 0.6 is 0 Å². The summed E-state index contributed by atoms with van der Waals surface area (Å²) in [6.07, 6.45) is -4.41. The summed E-state index contributed by atoms with van der Waals surface area (Å²) in [5.74, 6) is -0.550. The number of fused-ring (bicyclic) bond motifs is 1. The molecule has 2 aromatic carbocycles. The van der Waals surface area contributed by atoms with Crippen LogP contribution in [0.2, 0.25) is 0 Å². The van der Waals surface area contributed by atoms with Crippen molar-refractivity contribution < 1.29 is 27.5 Å². The number of hydrogen-bond acceptors (Lipinski definition) is 4. The van der Waals surface area contributed by atoms with Crippen molar-refractivity contribution in [3.63, 3.8) is 0 Å². The third-order valence-electron chi connectivity index (χ3n) is 5.25. The monoisotopic (exact) mass is 431 g/mol. The molecule has 1 amide bonds. The van der Waals surface area contributed by atoms with Crippen molar-refractivity contribution in [1.82, 2.24) is 9.55 Å². The van der Waals surface area contributed by atoms with E-state index < -0.39 is 17.7 Å². The van der Waals surface area contributed by atoms with Gasteiger partial charge in [-0.05, 0) is 37.3 Å². The number of rotatable bonds is 5. The van der Waals surface area contributed by atoms with Crippen LogP contribution < -0.4 is 4.90 Å². The zero-order valence-electron chi connectivity index (χ0n) is 16.7. The Bertz CT molecular complexity index is 1140. The Morgan fingerprint density at radius 1 is 1.19 bits per heavy atom. The van der Waals surface area contributed by atoms with Gasteiger partial charge in [0, 0.05) is 24.6 Å². The van der Waals surface area contributed by atoms with E-state index in [1.54, 1.807) is 11.5 Å². The maximum Gasteiger partial charge on any atom is 0.416 e. The summed E-state index contributed by atoms with van der Waals surface area (Å²) in [5, 5.41) is 0. The van der Waals surface area contributed by atoms with Crippen molar-refractivity contribution in [2.24, 2.45) is 0 Å². The number of esters is 1. The van der Waals surface area contributed by atoms with Gasteiger partial charge >= 0.3 is 12.1 Å². The first-order valence-corrected chi connectivity index (χ1v) is 9.86. The number of amides is 1. The Hall–Kier alpha value is -3.36. The number of hydrogen-bond donors (Lipinski definition) is 0. The lowest BCUT2D eigenvalue weighted by molar-refractivity contribution is -0.143. The van der Waals surface area contributed by atoms with Crippen molar-refractivity contribution in [1.29, 1.82) is 0 Å². The topological polar surface area (TPSA) is 64.4 Å². The average molecular weight is 431 g/mol. The summed E-state index contributed by atoms with van der Waals surface area (Å²) >= 11 is 0. The predicted octanol–water partition coefficient (Wildman–Crippen LogP) is 4.14. The SMILES string of the molecule is CCOC(=O)Cn1c([C@@H]2CC(=O)N(c3cccc(C(F)(F)F)c3)C2)nc2ccccc21. The third kappa shape index (κ3) is 4.12. The highest BCUT2D eigenvalue weighted by atomic mass is 19.4. The Morgan fingerprint density at radius 3 is 2.71 bits per heavy atom. The summed E-state index contributed by atoms with van der Waals surface area (Å²) in [7, 11) is 0. The number of para-hydroxylation sites is 2. The molecule has 0 spiro atoms. The van der Waals surface area contributed by atoms with Crippen LogP contribution in [0.5, 0.6) is 0 Å². The van der Waals surface area contributed by atoms with Crippen LogP contribution in [-0.2, 0) is 27.0 Å². The van der Waals surface area contributed by atoms with Crippen LogP contribution in [0, 0.1) is 0 Å². The van der Waals surface area contributed by atoms with Gasteiger partial charge in [0.25, 0.3) is 0 Å². The second-order valence-corrected chi connectivity index (χ2v) is 7.30. The molecular weight excluding hydrogens is 411 g/mol. The van der Waals surface area contributed by atoms with Gasteiger partial charge in [-0.1, -0.05) is 18.2 Å². The van der Waals surface area contributed by atoms with Gasteiger partial charge in [-0.15, -0.1) is 0 Å². The number of halogens is 3. The van der Waals surface area contributed by atoms with Crippen LogP contribution in [0.1, 0.15) is 30.7 Å². The molecule has 0 radical (unpaired) electrons.